The zero-order valence-electron chi connectivity index (χ0n) is 14.8. The second-order valence-electron chi connectivity index (χ2n) is 5.88. The van der Waals surface area contributed by atoms with E-state index in [4.69, 9.17) is 4.74 Å². The highest BCUT2D eigenvalue weighted by atomic mass is 32.1. The largest absolute Gasteiger partial charge is 0.467 e. The molecule has 4 aromatic rings. The van der Waals surface area contributed by atoms with E-state index in [-0.39, 0.29) is 12.3 Å². The zero-order valence-corrected chi connectivity index (χ0v) is 15.6. The number of fused-ring (bicyclic) bond motifs is 1. The van der Waals surface area contributed by atoms with E-state index in [1.807, 2.05) is 24.3 Å². The van der Waals surface area contributed by atoms with Gasteiger partial charge in [-0.1, -0.05) is 24.3 Å². The van der Waals surface area contributed by atoms with Crippen LogP contribution in [0.5, 0.6) is 5.88 Å². The number of aromatic nitrogens is 3. The summed E-state index contributed by atoms with van der Waals surface area (Å²) < 4.78 is 5.53. The molecule has 2 heterocycles. The first-order valence-electron chi connectivity index (χ1n) is 8.43. The number of carbonyl (C=O) groups is 1. The number of nitrogens with zero attached hydrogens (tertiary/aromatic N) is 4. The number of carbonyl (C=O) groups excluding carboxylic acids is 1. The summed E-state index contributed by atoms with van der Waals surface area (Å²) in [5.41, 5.74) is 1.84. The standard InChI is InChI=1S/C19H13N5O4S/c25-17(9-28-18-14-6-1-2-7-15(14)20-11-21-18)23-19-22-16(10-29-19)12-4-3-5-13(8-12)24(26)27/h1-8,10-11H,9H2,(H,22,23,25). The van der Waals surface area contributed by atoms with Gasteiger partial charge in [0.25, 0.3) is 11.6 Å². The number of hydrogen-bond acceptors (Lipinski definition) is 8. The van der Waals surface area contributed by atoms with Gasteiger partial charge >= 0.3 is 0 Å². The van der Waals surface area contributed by atoms with Crippen LogP contribution in [0.1, 0.15) is 0 Å². The van der Waals surface area contributed by atoms with Crippen LogP contribution in [-0.4, -0.2) is 32.4 Å². The predicted octanol–water partition coefficient (Wildman–Crippen LogP) is 3.68. The van der Waals surface area contributed by atoms with Crippen LogP contribution in [0.3, 0.4) is 0 Å². The molecule has 29 heavy (non-hydrogen) atoms. The molecular weight excluding hydrogens is 394 g/mol. The number of nitrogens with one attached hydrogen (secondary N) is 1. The van der Waals surface area contributed by atoms with Gasteiger partial charge in [-0.25, -0.2) is 15.0 Å². The van der Waals surface area contributed by atoms with Crippen molar-refractivity contribution in [2.24, 2.45) is 0 Å². The van der Waals surface area contributed by atoms with E-state index >= 15 is 0 Å². The van der Waals surface area contributed by atoms with Crippen molar-refractivity contribution in [3.05, 3.63) is 70.4 Å². The summed E-state index contributed by atoms with van der Waals surface area (Å²) in [6.07, 6.45) is 1.38. The Morgan fingerprint density at radius 2 is 2.03 bits per heavy atom. The Labute approximate surface area is 168 Å². The van der Waals surface area contributed by atoms with Crippen molar-refractivity contribution < 1.29 is 14.5 Å². The molecule has 0 fully saturated rings. The fourth-order valence-electron chi connectivity index (χ4n) is 2.63. The lowest BCUT2D eigenvalue weighted by atomic mass is 10.1. The van der Waals surface area contributed by atoms with Crippen LogP contribution in [0.25, 0.3) is 22.2 Å². The van der Waals surface area contributed by atoms with E-state index in [9.17, 15) is 14.9 Å². The first kappa shape index (κ1) is 18.4. The number of nitro groups is 1. The van der Waals surface area contributed by atoms with Gasteiger partial charge in [-0.2, -0.15) is 0 Å². The average Bonchev–Trinajstić information content (AvgIpc) is 3.20. The van der Waals surface area contributed by atoms with Gasteiger partial charge < -0.3 is 4.74 Å². The number of nitro benzene ring substituents is 1. The summed E-state index contributed by atoms with van der Waals surface area (Å²) in [5.74, 6) is -0.0743. The van der Waals surface area contributed by atoms with Gasteiger partial charge in [-0.15, -0.1) is 11.3 Å². The molecule has 9 nitrogen and oxygen atoms in total. The molecule has 0 aliphatic carbocycles. The second-order valence-corrected chi connectivity index (χ2v) is 6.74. The minimum Gasteiger partial charge on any atom is -0.467 e. The Morgan fingerprint density at radius 3 is 2.90 bits per heavy atom. The SMILES string of the molecule is O=C(COc1ncnc2ccccc12)Nc1nc(-c2cccc([N+](=O)[O-])c2)cs1. The van der Waals surface area contributed by atoms with Crippen molar-refractivity contribution in [2.75, 3.05) is 11.9 Å². The van der Waals surface area contributed by atoms with Crippen molar-refractivity contribution in [3.63, 3.8) is 0 Å². The maximum Gasteiger partial charge on any atom is 0.270 e. The maximum atomic E-state index is 12.2. The van der Waals surface area contributed by atoms with Crippen LogP contribution in [-0.2, 0) is 4.79 Å². The maximum absolute atomic E-state index is 12.2. The third-order valence-electron chi connectivity index (χ3n) is 3.95. The molecule has 0 bridgehead atoms. The molecule has 0 saturated carbocycles. The Bertz CT molecular complexity index is 1200. The smallest absolute Gasteiger partial charge is 0.270 e. The molecule has 0 aliphatic heterocycles. The number of amides is 1. The fourth-order valence-corrected chi connectivity index (χ4v) is 3.36. The number of thiazole rings is 1. The third-order valence-corrected chi connectivity index (χ3v) is 4.71. The summed E-state index contributed by atoms with van der Waals surface area (Å²) >= 11 is 1.22. The number of rotatable bonds is 6. The highest BCUT2D eigenvalue weighted by Gasteiger charge is 2.12. The summed E-state index contributed by atoms with van der Waals surface area (Å²) in [4.78, 5) is 35.2. The molecule has 0 atom stereocenters. The molecule has 0 saturated heterocycles. The molecule has 0 radical (unpaired) electrons. The molecule has 10 heteroatoms. The summed E-state index contributed by atoms with van der Waals surface area (Å²) in [6.45, 7) is -0.243. The van der Waals surface area contributed by atoms with Gasteiger partial charge in [-0.3, -0.25) is 20.2 Å². The van der Waals surface area contributed by atoms with Crippen LogP contribution >= 0.6 is 11.3 Å². The first-order chi connectivity index (χ1) is 14.1. The minimum absolute atomic E-state index is 0.0217. The van der Waals surface area contributed by atoms with Gasteiger partial charge in [0.2, 0.25) is 5.88 Å². The lowest BCUT2D eigenvalue weighted by Crippen LogP contribution is -2.20. The molecule has 0 spiro atoms. The highest BCUT2D eigenvalue weighted by molar-refractivity contribution is 7.14. The quantitative estimate of drug-likeness (QED) is 0.382. The van der Waals surface area contributed by atoms with Crippen molar-refractivity contribution in [1.29, 1.82) is 0 Å². The Hall–Kier alpha value is -3.92. The first-order valence-corrected chi connectivity index (χ1v) is 9.31. The van der Waals surface area contributed by atoms with Gasteiger partial charge in [0.05, 0.1) is 21.5 Å². The molecule has 1 N–H and O–H groups in total. The average molecular weight is 407 g/mol. The molecule has 2 aromatic carbocycles. The van der Waals surface area contributed by atoms with Crippen LogP contribution in [0.15, 0.2) is 60.2 Å². The number of benzene rings is 2. The van der Waals surface area contributed by atoms with E-state index in [1.54, 1.807) is 17.5 Å². The number of anilines is 1. The van der Waals surface area contributed by atoms with Crippen LogP contribution < -0.4 is 10.1 Å². The molecule has 1 amide bonds. The topological polar surface area (TPSA) is 120 Å². The summed E-state index contributed by atoms with van der Waals surface area (Å²) in [5, 5.41) is 16.4. The summed E-state index contributed by atoms with van der Waals surface area (Å²) in [6, 6.07) is 13.5. The number of para-hydroxylation sites is 1. The Balaban J connectivity index is 1.42. The van der Waals surface area contributed by atoms with E-state index in [2.05, 4.69) is 20.3 Å². The van der Waals surface area contributed by atoms with Gasteiger partial charge in [0.1, 0.15) is 6.33 Å². The van der Waals surface area contributed by atoms with Crippen molar-refractivity contribution in [1.82, 2.24) is 15.0 Å². The van der Waals surface area contributed by atoms with E-state index < -0.39 is 10.8 Å². The van der Waals surface area contributed by atoms with Crippen molar-refractivity contribution >= 4 is 39.0 Å². The number of hydrogen-bond donors (Lipinski definition) is 1. The van der Waals surface area contributed by atoms with Crippen molar-refractivity contribution in [3.8, 4) is 17.1 Å². The lowest BCUT2D eigenvalue weighted by Gasteiger charge is -2.07. The predicted molar refractivity (Wildman–Crippen MR) is 108 cm³/mol. The van der Waals surface area contributed by atoms with E-state index in [1.165, 1.54) is 29.8 Å². The normalized spacial score (nSPS) is 10.6. The molecule has 0 aliphatic rings. The molecule has 0 unspecified atom stereocenters. The summed E-state index contributed by atoms with van der Waals surface area (Å²) in [7, 11) is 0. The molecule has 4 rings (SSSR count). The van der Waals surface area contributed by atoms with Gasteiger partial charge in [0.15, 0.2) is 11.7 Å². The minimum atomic E-state index is -0.466. The highest BCUT2D eigenvalue weighted by Crippen LogP contribution is 2.27. The molecular formula is C19H13N5O4S. The van der Waals surface area contributed by atoms with E-state index in [0.29, 0.717) is 27.7 Å². The van der Waals surface area contributed by atoms with Crippen molar-refractivity contribution in [2.45, 2.75) is 0 Å². The van der Waals surface area contributed by atoms with Gasteiger partial charge in [0, 0.05) is 23.1 Å². The van der Waals surface area contributed by atoms with Gasteiger partial charge in [-0.05, 0) is 12.1 Å². The van der Waals surface area contributed by atoms with Crippen LogP contribution in [0, 0.1) is 10.1 Å². The number of non-ortho nitro benzene ring substituents is 1. The zero-order chi connectivity index (χ0) is 20.2. The fraction of sp³-hybridized carbons (Fsp3) is 0.0526. The Kier molecular flexibility index (Phi) is 5.08. The number of ether oxygens (including phenoxy) is 1. The third kappa shape index (κ3) is 4.17. The Morgan fingerprint density at radius 1 is 1.17 bits per heavy atom. The monoisotopic (exact) mass is 407 g/mol. The lowest BCUT2D eigenvalue weighted by molar-refractivity contribution is -0.384. The molecule has 2 aromatic heterocycles. The molecule has 144 valence electrons. The second kappa shape index (κ2) is 7.98. The van der Waals surface area contributed by atoms with Crippen LogP contribution in [0.4, 0.5) is 10.8 Å². The van der Waals surface area contributed by atoms with E-state index in [0.717, 1.165) is 5.52 Å². The van der Waals surface area contributed by atoms with Crippen LogP contribution in [0.2, 0.25) is 0 Å².